The van der Waals surface area contributed by atoms with E-state index in [2.05, 4.69) is 0 Å². The summed E-state index contributed by atoms with van der Waals surface area (Å²) in [4.78, 5) is 26.4. The van der Waals surface area contributed by atoms with Gasteiger partial charge in [0.05, 0.1) is 19.3 Å². The molecule has 0 N–H and O–H groups in total. The molecule has 0 unspecified atom stereocenters. The fraction of sp³-hybridized carbons (Fsp3) is 0.273. The number of para-hydroxylation sites is 1. The average molecular weight is 380 g/mol. The van der Waals surface area contributed by atoms with Gasteiger partial charge in [0.1, 0.15) is 12.3 Å². The van der Waals surface area contributed by atoms with Gasteiger partial charge in [-0.2, -0.15) is 0 Å². The van der Waals surface area contributed by atoms with Crippen LogP contribution in [0.3, 0.4) is 0 Å². The van der Waals surface area contributed by atoms with Gasteiger partial charge in [-0.05, 0) is 30.7 Å². The standard InChI is InChI=1S/C22H24N2O4/c1-4-28-17-11-9-16(10-12-17)13-23(2)21(25)15-24-14-19(22(26)27-3)18-7-5-6-8-20(18)24/h5-12,14H,4,13,15H2,1-3H3. The van der Waals surface area contributed by atoms with Crippen LogP contribution in [-0.4, -0.2) is 42.1 Å². The lowest BCUT2D eigenvalue weighted by atomic mass is 10.2. The minimum Gasteiger partial charge on any atom is -0.494 e. The zero-order chi connectivity index (χ0) is 20.1. The number of esters is 1. The summed E-state index contributed by atoms with van der Waals surface area (Å²) in [5, 5.41) is 0.774. The summed E-state index contributed by atoms with van der Waals surface area (Å²) in [6.45, 7) is 3.20. The summed E-state index contributed by atoms with van der Waals surface area (Å²) in [6, 6.07) is 15.2. The number of methoxy groups -OCH3 is 1. The number of carbonyl (C=O) groups excluding carboxylic acids is 2. The molecule has 3 aromatic rings. The Labute approximate surface area is 164 Å². The number of hydrogen-bond donors (Lipinski definition) is 0. The molecule has 0 spiro atoms. The molecule has 0 bridgehead atoms. The Balaban J connectivity index is 1.74. The lowest BCUT2D eigenvalue weighted by Crippen LogP contribution is -2.29. The third-order valence-electron chi connectivity index (χ3n) is 4.58. The van der Waals surface area contributed by atoms with E-state index in [1.165, 1.54) is 7.11 Å². The second kappa shape index (κ2) is 8.61. The van der Waals surface area contributed by atoms with Crippen LogP contribution in [0.15, 0.2) is 54.7 Å². The van der Waals surface area contributed by atoms with Gasteiger partial charge in [-0.3, -0.25) is 4.79 Å². The van der Waals surface area contributed by atoms with Crippen molar-refractivity contribution < 1.29 is 19.1 Å². The van der Waals surface area contributed by atoms with Crippen molar-refractivity contribution in [1.29, 1.82) is 0 Å². The molecule has 0 saturated carbocycles. The van der Waals surface area contributed by atoms with Gasteiger partial charge < -0.3 is 18.9 Å². The molecule has 1 aromatic heterocycles. The van der Waals surface area contributed by atoms with E-state index in [-0.39, 0.29) is 12.5 Å². The molecule has 6 heteroatoms. The zero-order valence-electron chi connectivity index (χ0n) is 16.3. The molecule has 0 aliphatic carbocycles. The molecular weight excluding hydrogens is 356 g/mol. The number of hydrogen-bond acceptors (Lipinski definition) is 4. The number of amides is 1. The minimum absolute atomic E-state index is 0.0500. The van der Waals surface area contributed by atoms with Crippen LogP contribution in [0.25, 0.3) is 10.9 Å². The van der Waals surface area contributed by atoms with Crippen LogP contribution in [0.2, 0.25) is 0 Å². The van der Waals surface area contributed by atoms with E-state index in [0.717, 1.165) is 22.2 Å². The molecule has 0 saturated heterocycles. The highest BCUT2D eigenvalue weighted by Gasteiger charge is 2.18. The normalized spacial score (nSPS) is 10.7. The summed E-state index contributed by atoms with van der Waals surface area (Å²) in [7, 11) is 3.12. The first kappa shape index (κ1) is 19.5. The Morgan fingerprint density at radius 2 is 1.79 bits per heavy atom. The number of benzene rings is 2. The van der Waals surface area contributed by atoms with Crippen LogP contribution < -0.4 is 4.74 Å². The van der Waals surface area contributed by atoms with Gasteiger partial charge in [0.25, 0.3) is 0 Å². The van der Waals surface area contributed by atoms with Crippen molar-refractivity contribution in [2.75, 3.05) is 20.8 Å². The van der Waals surface area contributed by atoms with E-state index >= 15 is 0 Å². The Hall–Kier alpha value is -3.28. The Morgan fingerprint density at radius 1 is 1.07 bits per heavy atom. The fourth-order valence-corrected chi connectivity index (χ4v) is 3.14. The quantitative estimate of drug-likeness (QED) is 0.589. The first-order valence-corrected chi connectivity index (χ1v) is 9.15. The SMILES string of the molecule is CCOc1ccc(CN(C)C(=O)Cn2cc(C(=O)OC)c3ccccc32)cc1. The molecule has 1 heterocycles. The highest BCUT2D eigenvalue weighted by Crippen LogP contribution is 2.22. The van der Waals surface area contributed by atoms with Crippen LogP contribution in [-0.2, 0) is 22.6 Å². The van der Waals surface area contributed by atoms with E-state index in [1.54, 1.807) is 22.7 Å². The third kappa shape index (κ3) is 4.17. The summed E-state index contributed by atoms with van der Waals surface area (Å²) in [5.74, 6) is 0.352. The van der Waals surface area contributed by atoms with Gasteiger partial charge in [0.2, 0.25) is 5.91 Å². The Bertz CT molecular complexity index is 976. The number of nitrogens with zero attached hydrogens (tertiary/aromatic N) is 2. The van der Waals surface area contributed by atoms with Gasteiger partial charge in [-0.25, -0.2) is 4.79 Å². The van der Waals surface area contributed by atoms with E-state index in [4.69, 9.17) is 9.47 Å². The van der Waals surface area contributed by atoms with Crippen molar-refractivity contribution in [3.63, 3.8) is 0 Å². The Morgan fingerprint density at radius 3 is 2.46 bits per heavy atom. The Kier molecular flexibility index (Phi) is 5.99. The first-order valence-electron chi connectivity index (χ1n) is 9.15. The van der Waals surface area contributed by atoms with Gasteiger partial charge in [-0.1, -0.05) is 30.3 Å². The van der Waals surface area contributed by atoms with Gasteiger partial charge in [-0.15, -0.1) is 0 Å². The maximum atomic E-state index is 12.7. The van der Waals surface area contributed by atoms with Crippen LogP contribution in [0.5, 0.6) is 5.75 Å². The molecule has 146 valence electrons. The molecule has 28 heavy (non-hydrogen) atoms. The summed E-state index contributed by atoms with van der Waals surface area (Å²) in [5.41, 5.74) is 2.30. The van der Waals surface area contributed by atoms with Gasteiger partial charge in [0, 0.05) is 30.7 Å². The highest BCUT2D eigenvalue weighted by atomic mass is 16.5. The number of carbonyl (C=O) groups is 2. The van der Waals surface area contributed by atoms with E-state index in [9.17, 15) is 9.59 Å². The lowest BCUT2D eigenvalue weighted by molar-refractivity contribution is -0.131. The molecular formula is C22H24N2O4. The number of rotatable bonds is 7. The maximum Gasteiger partial charge on any atom is 0.340 e. The molecule has 3 rings (SSSR count). The van der Waals surface area contributed by atoms with Crippen LogP contribution in [0.4, 0.5) is 0 Å². The predicted octanol–water partition coefficient (Wildman–Crippen LogP) is 3.49. The predicted molar refractivity (Wildman–Crippen MR) is 107 cm³/mol. The van der Waals surface area contributed by atoms with Crippen molar-refractivity contribution >= 4 is 22.8 Å². The average Bonchev–Trinajstić information content (AvgIpc) is 3.07. The summed E-state index contributed by atoms with van der Waals surface area (Å²) < 4.78 is 12.1. The van der Waals surface area contributed by atoms with Crippen molar-refractivity contribution in [3.8, 4) is 5.75 Å². The molecule has 6 nitrogen and oxygen atoms in total. The number of fused-ring (bicyclic) bond motifs is 1. The van der Waals surface area contributed by atoms with Crippen LogP contribution in [0, 0.1) is 0 Å². The highest BCUT2D eigenvalue weighted by molar-refractivity contribution is 6.04. The third-order valence-corrected chi connectivity index (χ3v) is 4.58. The minimum atomic E-state index is -0.412. The largest absolute Gasteiger partial charge is 0.494 e. The smallest absolute Gasteiger partial charge is 0.340 e. The number of ether oxygens (including phenoxy) is 2. The van der Waals surface area contributed by atoms with Gasteiger partial charge >= 0.3 is 5.97 Å². The van der Waals surface area contributed by atoms with Crippen LogP contribution in [0.1, 0.15) is 22.8 Å². The second-order valence-electron chi connectivity index (χ2n) is 6.51. The molecule has 0 radical (unpaired) electrons. The molecule has 0 aliphatic rings. The monoisotopic (exact) mass is 380 g/mol. The van der Waals surface area contributed by atoms with E-state index in [0.29, 0.717) is 18.7 Å². The lowest BCUT2D eigenvalue weighted by Gasteiger charge is -2.18. The maximum absolute atomic E-state index is 12.7. The van der Waals surface area contributed by atoms with Gasteiger partial charge in [0.15, 0.2) is 0 Å². The topological polar surface area (TPSA) is 60.8 Å². The van der Waals surface area contributed by atoms with Crippen molar-refractivity contribution in [2.24, 2.45) is 0 Å². The number of likely N-dealkylation sites (N-methyl/N-ethyl adjacent to an activating group) is 1. The first-order chi connectivity index (χ1) is 13.5. The van der Waals surface area contributed by atoms with Crippen molar-refractivity contribution in [2.45, 2.75) is 20.0 Å². The second-order valence-corrected chi connectivity index (χ2v) is 6.51. The molecule has 0 fully saturated rings. The molecule has 2 aromatic carbocycles. The molecule has 0 aliphatic heterocycles. The molecule has 1 amide bonds. The van der Waals surface area contributed by atoms with E-state index in [1.807, 2.05) is 55.5 Å². The van der Waals surface area contributed by atoms with Crippen LogP contribution >= 0.6 is 0 Å². The molecule has 0 atom stereocenters. The van der Waals surface area contributed by atoms with Crippen molar-refractivity contribution in [3.05, 3.63) is 65.9 Å². The summed E-state index contributed by atoms with van der Waals surface area (Å²) in [6.07, 6.45) is 1.68. The van der Waals surface area contributed by atoms with E-state index < -0.39 is 5.97 Å². The summed E-state index contributed by atoms with van der Waals surface area (Å²) >= 11 is 0. The van der Waals surface area contributed by atoms with Crippen molar-refractivity contribution in [1.82, 2.24) is 9.47 Å². The fourth-order valence-electron chi connectivity index (χ4n) is 3.14. The zero-order valence-corrected chi connectivity index (χ0v) is 16.3. The number of aromatic nitrogens is 1.